The van der Waals surface area contributed by atoms with Gasteiger partial charge in [0.15, 0.2) is 5.60 Å². The van der Waals surface area contributed by atoms with Gasteiger partial charge in [0.05, 0.1) is 70.9 Å². The van der Waals surface area contributed by atoms with E-state index < -0.39 is 25.8 Å². The summed E-state index contributed by atoms with van der Waals surface area (Å²) >= 11 is 0. The SMILES string of the molecule is CCOc1ccc2c(c1)CC(NCCCCO)C(=O)N2c1cccc(CN2C(=O)[C@@]3(O[C@@H](CC(=O)N4CCC[C@H]4CO)[C@H]([Si](C)(C)c4ccc(OC)cc4)[C@H]3C)c3ccccc32)c1. The van der Waals surface area contributed by atoms with Crippen LogP contribution in [0.5, 0.6) is 11.5 Å². The summed E-state index contributed by atoms with van der Waals surface area (Å²) in [7, 11) is -0.849. The number of likely N-dealkylation sites (tertiary alicyclic amines) is 1. The Bertz CT molecular complexity index is 2310. The van der Waals surface area contributed by atoms with Crippen molar-refractivity contribution in [2.24, 2.45) is 5.92 Å². The summed E-state index contributed by atoms with van der Waals surface area (Å²) in [5.74, 6) is 0.936. The maximum absolute atomic E-state index is 15.5. The first-order valence-corrected chi connectivity index (χ1v) is 25.7. The van der Waals surface area contributed by atoms with Crippen LogP contribution in [0.4, 0.5) is 17.1 Å². The number of amides is 3. The maximum atomic E-state index is 15.5. The van der Waals surface area contributed by atoms with Gasteiger partial charge in [-0.15, -0.1) is 0 Å². The van der Waals surface area contributed by atoms with Crippen LogP contribution < -0.4 is 29.8 Å². The zero-order valence-electron chi connectivity index (χ0n) is 37.2. The molecule has 12 nitrogen and oxygen atoms in total. The van der Waals surface area contributed by atoms with Crippen molar-refractivity contribution in [1.29, 1.82) is 0 Å². The molecule has 0 aromatic heterocycles. The van der Waals surface area contributed by atoms with Gasteiger partial charge in [-0.1, -0.05) is 67.7 Å². The van der Waals surface area contributed by atoms with Gasteiger partial charge in [-0.3, -0.25) is 19.3 Å². The molecule has 4 aliphatic heterocycles. The van der Waals surface area contributed by atoms with E-state index in [1.807, 2.05) is 90.7 Å². The smallest absolute Gasteiger partial charge is 0.264 e. The third-order valence-corrected chi connectivity index (χ3v) is 18.4. The van der Waals surface area contributed by atoms with E-state index in [1.54, 1.807) is 16.9 Å². The molecular formula is C50H62N4O8Si. The summed E-state index contributed by atoms with van der Waals surface area (Å²) < 4.78 is 18.6. The number of hydrogen-bond acceptors (Lipinski definition) is 9. The van der Waals surface area contributed by atoms with Crippen LogP contribution in [0.1, 0.15) is 62.6 Å². The van der Waals surface area contributed by atoms with Crippen LogP contribution in [0.2, 0.25) is 18.6 Å². The number of ether oxygens (including phenoxy) is 3. The van der Waals surface area contributed by atoms with Gasteiger partial charge in [0, 0.05) is 30.3 Å². The number of aliphatic hydroxyl groups excluding tert-OH is 2. The van der Waals surface area contributed by atoms with E-state index in [0.29, 0.717) is 38.2 Å². The van der Waals surface area contributed by atoms with Gasteiger partial charge in [0.2, 0.25) is 11.8 Å². The van der Waals surface area contributed by atoms with E-state index in [2.05, 4.69) is 37.5 Å². The summed E-state index contributed by atoms with van der Waals surface area (Å²) in [6.07, 6.45) is 3.09. The van der Waals surface area contributed by atoms with E-state index in [1.165, 1.54) is 5.19 Å². The Morgan fingerprint density at radius 3 is 2.48 bits per heavy atom. The fourth-order valence-corrected chi connectivity index (χ4v) is 15.0. The van der Waals surface area contributed by atoms with Crippen LogP contribution in [0.3, 0.4) is 0 Å². The largest absolute Gasteiger partial charge is 0.497 e. The first kappa shape index (κ1) is 44.6. The molecule has 4 aromatic carbocycles. The molecule has 0 aliphatic carbocycles. The molecule has 3 amide bonds. The van der Waals surface area contributed by atoms with Gasteiger partial charge < -0.3 is 39.5 Å². The number of unbranched alkanes of at least 4 members (excludes halogenated alkanes) is 1. The molecule has 8 rings (SSSR count). The minimum atomic E-state index is -2.50. The molecule has 4 aromatic rings. The molecule has 334 valence electrons. The number of benzene rings is 4. The van der Waals surface area contributed by atoms with Gasteiger partial charge in [-0.2, -0.15) is 0 Å². The number of carbonyl (C=O) groups is 3. The number of aliphatic hydroxyl groups is 2. The van der Waals surface area contributed by atoms with Crippen molar-refractivity contribution in [2.75, 3.05) is 49.8 Å². The van der Waals surface area contributed by atoms with Crippen molar-refractivity contribution in [3.63, 3.8) is 0 Å². The average Bonchev–Trinajstić information content (AvgIpc) is 3.96. The summed E-state index contributed by atoms with van der Waals surface area (Å²) in [5, 5.41) is 24.1. The second-order valence-electron chi connectivity index (χ2n) is 18.0. The van der Waals surface area contributed by atoms with Crippen molar-refractivity contribution in [2.45, 2.75) is 101 Å². The van der Waals surface area contributed by atoms with E-state index in [-0.39, 0.29) is 61.4 Å². The molecule has 1 unspecified atom stereocenters. The molecule has 0 bridgehead atoms. The Morgan fingerprint density at radius 1 is 0.952 bits per heavy atom. The van der Waals surface area contributed by atoms with Crippen molar-refractivity contribution in [1.82, 2.24) is 10.2 Å². The van der Waals surface area contributed by atoms with Crippen molar-refractivity contribution in [3.05, 3.63) is 108 Å². The lowest BCUT2D eigenvalue weighted by molar-refractivity contribution is -0.150. The molecule has 4 heterocycles. The van der Waals surface area contributed by atoms with Gasteiger partial charge in [-0.25, -0.2) is 0 Å². The number of methoxy groups -OCH3 is 1. The highest BCUT2D eigenvalue weighted by atomic mass is 28.3. The lowest BCUT2D eigenvalue weighted by atomic mass is 9.82. The number of hydrogen-bond donors (Lipinski definition) is 3. The Hall–Kier alpha value is -5.05. The average molecular weight is 875 g/mol. The fraction of sp³-hybridized carbons (Fsp3) is 0.460. The predicted octanol–water partition coefficient (Wildman–Crippen LogP) is 6.18. The number of fused-ring (bicyclic) bond motifs is 3. The lowest BCUT2D eigenvalue weighted by Crippen LogP contribution is -2.52. The quantitative estimate of drug-likeness (QED) is 0.0890. The third-order valence-electron chi connectivity index (χ3n) is 14.1. The minimum absolute atomic E-state index is 0.0525. The number of anilines is 3. The molecular weight excluding hydrogens is 813 g/mol. The van der Waals surface area contributed by atoms with Crippen molar-refractivity contribution in [3.8, 4) is 11.5 Å². The highest BCUT2D eigenvalue weighted by molar-refractivity contribution is 6.91. The Morgan fingerprint density at radius 2 is 1.73 bits per heavy atom. The van der Waals surface area contributed by atoms with Crippen LogP contribution in [0.15, 0.2) is 91.0 Å². The molecule has 0 saturated carbocycles. The Labute approximate surface area is 372 Å². The summed E-state index contributed by atoms with van der Waals surface area (Å²) in [6, 6.07) is 29.1. The molecule has 63 heavy (non-hydrogen) atoms. The van der Waals surface area contributed by atoms with Gasteiger partial charge >= 0.3 is 0 Å². The highest BCUT2D eigenvalue weighted by Gasteiger charge is 2.66. The monoisotopic (exact) mass is 874 g/mol. The van der Waals surface area contributed by atoms with E-state index in [9.17, 15) is 19.8 Å². The number of rotatable bonds is 16. The van der Waals surface area contributed by atoms with Crippen molar-refractivity contribution < 1.29 is 38.8 Å². The molecule has 2 fully saturated rings. The van der Waals surface area contributed by atoms with Gasteiger partial charge in [0.1, 0.15) is 11.5 Å². The molecule has 13 heteroatoms. The van der Waals surface area contributed by atoms with Crippen LogP contribution in [0.25, 0.3) is 0 Å². The second-order valence-corrected chi connectivity index (χ2v) is 22.7. The van der Waals surface area contributed by atoms with E-state index >= 15 is 4.79 Å². The highest BCUT2D eigenvalue weighted by Crippen LogP contribution is 2.60. The van der Waals surface area contributed by atoms with E-state index in [0.717, 1.165) is 58.8 Å². The van der Waals surface area contributed by atoms with Crippen LogP contribution >= 0.6 is 0 Å². The van der Waals surface area contributed by atoms with Gasteiger partial charge in [0.25, 0.3) is 5.91 Å². The van der Waals surface area contributed by atoms with Gasteiger partial charge in [-0.05, 0) is 111 Å². The molecule has 0 radical (unpaired) electrons. The van der Waals surface area contributed by atoms with Crippen molar-refractivity contribution >= 4 is 48.0 Å². The lowest BCUT2D eigenvalue weighted by Gasteiger charge is -2.37. The van der Waals surface area contributed by atoms with E-state index in [4.69, 9.17) is 14.2 Å². The summed E-state index contributed by atoms with van der Waals surface area (Å²) in [5.41, 5.74) is 3.43. The third kappa shape index (κ3) is 8.18. The van der Waals surface area contributed by atoms with Crippen LogP contribution in [0, 0.1) is 5.92 Å². The molecule has 6 atom stereocenters. The first-order chi connectivity index (χ1) is 30.5. The predicted molar refractivity (Wildman–Crippen MR) is 247 cm³/mol. The maximum Gasteiger partial charge on any atom is 0.264 e. The zero-order valence-corrected chi connectivity index (χ0v) is 38.2. The number of para-hydroxylation sites is 1. The topological polar surface area (TPSA) is 141 Å². The molecule has 3 N–H and O–H groups in total. The van der Waals surface area contributed by atoms with Crippen LogP contribution in [-0.4, -0.2) is 99.1 Å². The normalized spacial score (nSPS) is 24.3. The number of nitrogens with zero attached hydrogens (tertiary/aromatic N) is 3. The zero-order chi connectivity index (χ0) is 44.5. The standard InChI is InChI=1S/C50H62N4O8Si/c1-6-61-39-20-23-43-35(28-39)29-42(51-24-9-10-26-55)48(58)54(43)36-14-11-13-34(27-36)31-53-44-17-8-7-16-41(44)50(49(53)59)33(2)47(63(4,5)40-21-18-38(60-3)19-22-40)45(62-50)30-46(57)52-25-12-15-37(52)32-56/h7-8,11,13-14,16-23,27-28,33,37,42,45,47,51,55-56H,6,9-10,12,15,24-26,29-32H2,1-5H3/t33-,37+,42?,45+,47-,50+/m1/s1. The summed E-state index contributed by atoms with van der Waals surface area (Å²) in [6.45, 7) is 10.7. The number of carbonyl (C=O) groups excluding carboxylic acids is 3. The summed E-state index contributed by atoms with van der Waals surface area (Å²) in [4.78, 5) is 49.5. The first-order valence-electron chi connectivity index (χ1n) is 22.6. The second kappa shape index (κ2) is 18.6. The fourth-order valence-electron chi connectivity index (χ4n) is 11.0. The molecule has 4 aliphatic rings. The Balaban J connectivity index is 1.13. The number of nitrogens with one attached hydrogen (secondary N) is 1. The Kier molecular flexibility index (Phi) is 13.1. The minimum Gasteiger partial charge on any atom is -0.497 e. The molecule has 2 saturated heterocycles. The molecule has 1 spiro atoms. The van der Waals surface area contributed by atoms with Crippen LogP contribution in [-0.2, 0) is 37.7 Å².